The number of piperidine rings is 1. The zero-order valence-corrected chi connectivity index (χ0v) is 12.9. The van der Waals surface area contributed by atoms with Gasteiger partial charge in [-0.2, -0.15) is 0 Å². The van der Waals surface area contributed by atoms with Crippen LogP contribution in [0.15, 0.2) is 6.20 Å². The predicted molar refractivity (Wildman–Crippen MR) is 80.6 cm³/mol. The quantitative estimate of drug-likeness (QED) is 0.870. The van der Waals surface area contributed by atoms with Crippen molar-refractivity contribution in [3.05, 3.63) is 16.1 Å². The summed E-state index contributed by atoms with van der Waals surface area (Å²) in [5, 5.41) is 8.42. The zero-order chi connectivity index (χ0) is 13.3. The van der Waals surface area contributed by atoms with Crippen LogP contribution in [-0.2, 0) is 6.42 Å². The van der Waals surface area contributed by atoms with Crippen LogP contribution in [0.3, 0.4) is 0 Å². The Bertz CT molecular complexity index is 423. The molecule has 1 aromatic heterocycles. The van der Waals surface area contributed by atoms with Gasteiger partial charge in [-0.25, -0.2) is 4.98 Å². The minimum absolute atomic E-state index is 0.407. The monoisotopic (exact) mass is 279 g/mol. The van der Waals surface area contributed by atoms with E-state index in [1.165, 1.54) is 48.8 Å². The molecule has 3 rings (SSSR count). The van der Waals surface area contributed by atoms with Crippen molar-refractivity contribution < 1.29 is 0 Å². The fraction of sp³-hybridized carbons (Fsp3) is 0.800. The summed E-state index contributed by atoms with van der Waals surface area (Å²) in [7, 11) is 0. The average molecular weight is 279 g/mol. The molecular weight excluding hydrogens is 254 g/mol. The minimum atomic E-state index is 0.407. The third kappa shape index (κ3) is 2.86. The fourth-order valence-electron chi connectivity index (χ4n) is 3.35. The lowest BCUT2D eigenvalue weighted by molar-refractivity contribution is 0.316. The lowest BCUT2D eigenvalue weighted by Crippen LogP contribution is -2.31. The number of hydrogen-bond donors (Lipinski definition) is 2. The van der Waals surface area contributed by atoms with Crippen LogP contribution in [-0.4, -0.2) is 24.6 Å². The number of aryl methyl sites for hydroxylation is 1. The summed E-state index contributed by atoms with van der Waals surface area (Å²) in [4.78, 5) is 5.93. The molecule has 0 aromatic carbocycles. The van der Waals surface area contributed by atoms with Crippen LogP contribution in [0, 0.1) is 11.3 Å². The van der Waals surface area contributed by atoms with Gasteiger partial charge in [-0.1, -0.05) is 6.92 Å². The van der Waals surface area contributed by atoms with Gasteiger partial charge in [0.2, 0.25) is 0 Å². The third-order valence-electron chi connectivity index (χ3n) is 4.92. The molecule has 1 aromatic rings. The Morgan fingerprint density at radius 2 is 2.32 bits per heavy atom. The van der Waals surface area contributed by atoms with Gasteiger partial charge in [0.15, 0.2) is 0 Å². The Kier molecular flexibility index (Phi) is 3.92. The van der Waals surface area contributed by atoms with Crippen LogP contribution >= 0.6 is 11.3 Å². The number of nitrogens with zero attached hydrogens (tertiary/aromatic N) is 1. The average Bonchev–Trinajstić information content (AvgIpc) is 2.91. The Morgan fingerprint density at radius 3 is 3.00 bits per heavy atom. The van der Waals surface area contributed by atoms with E-state index in [9.17, 15) is 0 Å². The van der Waals surface area contributed by atoms with Crippen LogP contribution < -0.4 is 10.6 Å². The van der Waals surface area contributed by atoms with E-state index in [-0.39, 0.29) is 0 Å². The molecular formula is C15H25N3S. The van der Waals surface area contributed by atoms with E-state index in [1.54, 1.807) is 0 Å². The lowest BCUT2D eigenvalue weighted by Gasteiger charge is -2.24. The topological polar surface area (TPSA) is 37.0 Å². The summed E-state index contributed by atoms with van der Waals surface area (Å²) in [6.07, 6.45) is 7.33. The van der Waals surface area contributed by atoms with Crippen LogP contribution in [0.2, 0.25) is 0 Å². The highest BCUT2D eigenvalue weighted by Crippen LogP contribution is 2.58. The molecule has 0 radical (unpaired) electrons. The fourth-order valence-corrected chi connectivity index (χ4v) is 4.23. The number of hydrogen-bond acceptors (Lipinski definition) is 4. The molecule has 2 heterocycles. The lowest BCUT2D eigenvalue weighted by atomic mass is 9.92. The van der Waals surface area contributed by atoms with E-state index >= 15 is 0 Å². The first kappa shape index (κ1) is 13.5. The maximum absolute atomic E-state index is 4.54. The molecule has 1 aliphatic heterocycles. The Balaban J connectivity index is 1.47. The smallest absolute Gasteiger partial charge is 0.109 e. The summed E-state index contributed by atoms with van der Waals surface area (Å²) in [5.74, 6) is 0.905. The second-order valence-electron chi connectivity index (χ2n) is 6.16. The number of nitrogens with one attached hydrogen (secondary N) is 2. The molecule has 106 valence electrons. The van der Waals surface area contributed by atoms with Gasteiger partial charge >= 0.3 is 0 Å². The minimum Gasteiger partial charge on any atom is -0.317 e. The van der Waals surface area contributed by atoms with Gasteiger partial charge in [0, 0.05) is 11.1 Å². The van der Waals surface area contributed by atoms with Crippen LogP contribution in [0.1, 0.15) is 49.0 Å². The van der Waals surface area contributed by atoms with E-state index in [1.807, 2.05) is 17.5 Å². The molecule has 1 aliphatic carbocycles. The molecule has 0 amide bonds. The van der Waals surface area contributed by atoms with Gasteiger partial charge in [0.1, 0.15) is 5.01 Å². The van der Waals surface area contributed by atoms with Crippen molar-refractivity contribution in [1.29, 1.82) is 0 Å². The van der Waals surface area contributed by atoms with E-state index in [0.29, 0.717) is 11.5 Å². The molecule has 1 saturated carbocycles. The van der Waals surface area contributed by atoms with Crippen molar-refractivity contribution in [1.82, 2.24) is 15.6 Å². The zero-order valence-electron chi connectivity index (χ0n) is 12.0. The van der Waals surface area contributed by atoms with Gasteiger partial charge in [0.05, 0.1) is 6.04 Å². The number of rotatable bonds is 5. The Labute approximate surface area is 120 Å². The van der Waals surface area contributed by atoms with Crippen molar-refractivity contribution in [2.45, 2.75) is 45.6 Å². The molecule has 2 fully saturated rings. The van der Waals surface area contributed by atoms with Crippen molar-refractivity contribution in [3.8, 4) is 0 Å². The second kappa shape index (κ2) is 5.51. The molecule has 3 nitrogen and oxygen atoms in total. The second-order valence-corrected chi connectivity index (χ2v) is 7.31. The van der Waals surface area contributed by atoms with Crippen molar-refractivity contribution >= 4 is 11.3 Å². The molecule has 1 saturated heterocycles. The SMILES string of the molecule is CCc1cnc(C(C)NCC2CC23CCNCC3)s1. The van der Waals surface area contributed by atoms with Gasteiger partial charge < -0.3 is 10.6 Å². The summed E-state index contributed by atoms with van der Waals surface area (Å²) in [5.41, 5.74) is 0.690. The van der Waals surface area contributed by atoms with Crippen molar-refractivity contribution in [2.24, 2.45) is 11.3 Å². The molecule has 2 atom stereocenters. The molecule has 1 spiro atoms. The van der Waals surface area contributed by atoms with Crippen LogP contribution in [0.5, 0.6) is 0 Å². The van der Waals surface area contributed by atoms with Crippen molar-refractivity contribution in [2.75, 3.05) is 19.6 Å². The number of aromatic nitrogens is 1. The first-order valence-electron chi connectivity index (χ1n) is 7.62. The van der Waals surface area contributed by atoms with Gasteiger partial charge in [-0.15, -0.1) is 11.3 Å². The molecule has 2 aliphatic rings. The van der Waals surface area contributed by atoms with Gasteiger partial charge in [0.25, 0.3) is 0 Å². The van der Waals surface area contributed by atoms with E-state index < -0.39 is 0 Å². The molecule has 4 heteroatoms. The highest BCUT2D eigenvalue weighted by Gasteiger charge is 2.53. The van der Waals surface area contributed by atoms with Crippen LogP contribution in [0.25, 0.3) is 0 Å². The maximum Gasteiger partial charge on any atom is 0.109 e. The molecule has 0 bridgehead atoms. The van der Waals surface area contributed by atoms with Crippen LogP contribution in [0.4, 0.5) is 0 Å². The first-order valence-corrected chi connectivity index (χ1v) is 8.44. The molecule has 2 unspecified atom stereocenters. The maximum atomic E-state index is 4.54. The van der Waals surface area contributed by atoms with E-state index in [2.05, 4.69) is 29.5 Å². The number of thiazole rings is 1. The first-order chi connectivity index (χ1) is 9.23. The summed E-state index contributed by atoms with van der Waals surface area (Å²) < 4.78 is 0. The largest absolute Gasteiger partial charge is 0.317 e. The highest BCUT2D eigenvalue weighted by molar-refractivity contribution is 7.11. The summed E-state index contributed by atoms with van der Waals surface area (Å²) in [6, 6.07) is 0.407. The summed E-state index contributed by atoms with van der Waals surface area (Å²) >= 11 is 1.86. The standard InChI is InChI=1S/C15H25N3S/c1-3-13-10-18-14(19-13)11(2)17-9-12-8-15(12)4-6-16-7-5-15/h10-12,16-17H,3-9H2,1-2H3. The summed E-state index contributed by atoms with van der Waals surface area (Å²) in [6.45, 7) is 8.05. The highest BCUT2D eigenvalue weighted by atomic mass is 32.1. The normalized spacial score (nSPS) is 26.5. The van der Waals surface area contributed by atoms with E-state index in [0.717, 1.165) is 12.3 Å². The third-order valence-corrected chi connectivity index (χ3v) is 6.24. The Hall–Kier alpha value is -0.450. The Morgan fingerprint density at radius 1 is 1.53 bits per heavy atom. The molecule has 2 N–H and O–H groups in total. The predicted octanol–water partition coefficient (Wildman–Crippen LogP) is 2.75. The van der Waals surface area contributed by atoms with E-state index in [4.69, 9.17) is 0 Å². The van der Waals surface area contributed by atoms with Gasteiger partial charge in [-0.3, -0.25) is 0 Å². The van der Waals surface area contributed by atoms with Gasteiger partial charge in [-0.05, 0) is 63.6 Å². The van der Waals surface area contributed by atoms with Crippen molar-refractivity contribution in [3.63, 3.8) is 0 Å². The molecule has 19 heavy (non-hydrogen) atoms.